The third-order valence-electron chi connectivity index (χ3n) is 3.63. The Labute approximate surface area is 104 Å². The highest BCUT2D eigenvalue weighted by atomic mass is 15.3. The lowest BCUT2D eigenvalue weighted by Crippen LogP contribution is -2.49. The number of anilines is 2. The molecule has 1 aliphatic rings. The highest BCUT2D eigenvalue weighted by Gasteiger charge is 2.20. The smallest absolute Gasteiger partial charge is 0.0630 e. The van der Waals surface area contributed by atoms with Crippen LogP contribution < -0.4 is 10.6 Å². The fourth-order valence-electron chi connectivity index (χ4n) is 2.58. The summed E-state index contributed by atoms with van der Waals surface area (Å²) in [6.07, 6.45) is 0. The second-order valence-electron chi connectivity index (χ2n) is 5.13. The lowest BCUT2D eigenvalue weighted by Gasteiger charge is -2.39. The molecular formula is C14H23N3. The van der Waals surface area contributed by atoms with Gasteiger partial charge in [0.1, 0.15) is 0 Å². The Morgan fingerprint density at radius 2 is 1.76 bits per heavy atom. The minimum Gasteiger partial charge on any atom is -0.397 e. The SMILES string of the molecule is Cc1cccc(N)c1N1CCN(C(C)C)CC1. The summed E-state index contributed by atoms with van der Waals surface area (Å²) in [4.78, 5) is 4.94. The Hall–Kier alpha value is -1.22. The fourth-order valence-corrected chi connectivity index (χ4v) is 2.58. The van der Waals surface area contributed by atoms with Crippen molar-refractivity contribution in [3.8, 4) is 0 Å². The van der Waals surface area contributed by atoms with Crippen molar-refractivity contribution in [3.05, 3.63) is 23.8 Å². The van der Waals surface area contributed by atoms with Crippen molar-refractivity contribution in [1.82, 2.24) is 4.90 Å². The van der Waals surface area contributed by atoms with Gasteiger partial charge in [-0.1, -0.05) is 12.1 Å². The minimum absolute atomic E-state index is 0.645. The van der Waals surface area contributed by atoms with Crippen LogP contribution in [0.5, 0.6) is 0 Å². The molecule has 2 rings (SSSR count). The van der Waals surface area contributed by atoms with Gasteiger partial charge in [0.15, 0.2) is 0 Å². The van der Waals surface area contributed by atoms with E-state index in [-0.39, 0.29) is 0 Å². The van der Waals surface area contributed by atoms with Crippen LogP contribution >= 0.6 is 0 Å². The van der Waals surface area contributed by atoms with Crippen LogP contribution in [0.25, 0.3) is 0 Å². The molecule has 0 amide bonds. The van der Waals surface area contributed by atoms with Crippen molar-refractivity contribution in [3.63, 3.8) is 0 Å². The van der Waals surface area contributed by atoms with Gasteiger partial charge in [0.25, 0.3) is 0 Å². The molecule has 0 saturated carbocycles. The van der Waals surface area contributed by atoms with E-state index in [9.17, 15) is 0 Å². The number of hydrogen-bond acceptors (Lipinski definition) is 3. The largest absolute Gasteiger partial charge is 0.397 e. The number of benzene rings is 1. The van der Waals surface area contributed by atoms with E-state index in [0.29, 0.717) is 6.04 Å². The third kappa shape index (κ3) is 2.55. The first-order chi connectivity index (χ1) is 8.09. The van der Waals surface area contributed by atoms with Gasteiger partial charge in [0.2, 0.25) is 0 Å². The molecule has 1 heterocycles. The first kappa shape index (κ1) is 12.2. The van der Waals surface area contributed by atoms with Gasteiger partial charge in [-0.3, -0.25) is 4.90 Å². The van der Waals surface area contributed by atoms with Gasteiger partial charge in [-0.2, -0.15) is 0 Å². The van der Waals surface area contributed by atoms with Gasteiger partial charge in [0.05, 0.1) is 11.4 Å². The van der Waals surface area contributed by atoms with Crippen molar-refractivity contribution in [2.24, 2.45) is 0 Å². The van der Waals surface area contributed by atoms with Gasteiger partial charge >= 0.3 is 0 Å². The monoisotopic (exact) mass is 233 g/mol. The van der Waals surface area contributed by atoms with E-state index in [1.807, 2.05) is 12.1 Å². The fraction of sp³-hybridized carbons (Fsp3) is 0.571. The topological polar surface area (TPSA) is 32.5 Å². The molecule has 1 fully saturated rings. The number of nitrogens with zero attached hydrogens (tertiary/aromatic N) is 2. The summed E-state index contributed by atoms with van der Waals surface area (Å²) < 4.78 is 0. The second kappa shape index (κ2) is 4.96. The van der Waals surface area contributed by atoms with Crippen LogP contribution in [0.4, 0.5) is 11.4 Å². The average Bonchev–Trinajstić information content (AvgIpc) is 2.29. The Balaban J connectivity index is 2.11. The molecule has 1 aromatic carbocycles. The normalized spacial score (nSPS) is 17.8. The quantitative estimate of drug-likeness (QED) is 0.794. The molecule has 1 saturated heterocycles. The van der Waals surface area contributed by atoms with E-state index in [0.717, 1.165) is 31.9 Å². The lowest BCUT2D eigenvalue weighted by molar-refractivity contribution is 0.209. The molecule has 0 bridgehead atoms. The molecule has 94 valence electrons. The maximum Gasteiger partial charge on any atom is 0.0630 e. The zero-order valence-electron chi connectivity index (χ0n) is 11.1. The van der Waals surface area contributed by atoms with Crippen molar-refractivity contribution in [1.29, 1.82) is 0 Å². The predicted molar refractivity (Wildman–Crippen MR) is 74.5 cm³/mol. The first-order valence-electron chi connectivity index (χ1n) is 6.43. The maximum atomic E-state index is 6.09. The van der Waals surface area contributed by atoms with Crippen LogP contribution in [0.3, 0.4) is 0 Å². The van der Waals surface area contributed by atoms with Gasteiger partial charge in [-0.15, -0.1) is 0 Å². The van der Waals surface area contributed by atoms with E-state index in [1.54, 1.807) is 0 Å². The number of para-hydroxylation sites is 1. The van der Waals surface area contributed by atoms with E-state index in [4.69, 9.17) is 5.73 Å². The highest BCUT2D eigenvalue weighted by Crippen LogP contribution is 2.28. The molecule has 1 aromatic rings. The third-order valence-corrected chi connectivity index (χ3v) is 3.63. The highest BCUT2D eigenvalue weighted by molar-refractivity contribution is 5.71. The summed E-state index contributed by atoms with van der Waals surface area (Å²) >= 11 is 0. The number of aryl methyl sites for hydroxylation is 1. The summed E-state index contributed by atoms with van der Waals surface area (Å²) in [6, 6.07) is 6.81. The molecule has 3 heteroatoms. The number of piperazine rings is 1. The van der Waals surface area contributed by atoms with E-state index in [1.165, 1.54) is 11.3 Å². The molecule has 3 nitrogen and oxygen atoms in total. The number of nitrogen functional groups attached to an aromatic ring is 1. The van der Waals surface area contributed by atoms with Crippen LogP contribution in [0, 0.1) is 6.92 Å². The second-order valence-corrected chi connectivity index (χ2v) is 5.13. The molecular weight excluding hydrogens is 210 g/mol. The number of rotatable bonds is 2. The molecule has 0 aliphatic carbocycles. The van der Waals surface area contributed by atoms with Crippen molar-refractivity contribution >= 4 is 11.4 Å². The summed E-state index contributed by atoms with van der Waals surface area (Å²) in [5.41, 5.74) is 9.51. The first-order valence-corrected chi connectivity index (χ1v) is 6.43. The van der Waals surface area contributed by atoms with Crippen molar-refractivity contribution in [2.75, 3.05) is 36.8 Å². The summed E-state index contributed by atoms with van der Waals surface area (Å²) in [6.45, 7) is 11.1. The van der Waals surface area contributed by atoms with Gasteiger partial charge in [0, 0.05) is 32.2 Å². The lowest BCUT2D eigenvalue weighted by atomic mass is 10.1. The Bertz CT molecular complexity index is 359. The minimum atomic E-state index is 0.645. The van der Waals surface area contributed by atoms with E-state index < -0.39 is 0 Å². The molecule has 1 aliphatic heterocycles. The van der Waals surface area contributed by atoms with Crippen molar-refractivity contribution in [2.45, 2.75) is 26.8 Å². The maximum absolute atomic E-state index is 6.09. The van der Waals surface area contributed by atoms with Crippen LogP contribution in [-0.2, 0) is 0 Å². The summed E-state index contributed by atoms with van der Waals surface area (Å²) in [5.74, 6) is 0. The van der Waals surface area contributed by atoms with Crippen LogP contribution in [-0.4, -0.2) is 37.1 Å². The molecule has 0 radical (unpaired) electrons. The van der Waals surface area contributed by atoms with Crippen LogP contribution in [0.2, 0.25) is 0 Å². The summed E-state index contributed by atoms with van der Waals surface area (Å²) in [5, 5.41) is 0. The zero-order chi connectivity index (χ0) is 12.4. The predicted octanol–water partition coefficient (Wildman–Crippen LogP) is 2.11. The van der Waals surface area contributed by atoms with Gasteiger partial charge in [-0.25, -0.2) is 0 Å². The Kier molecular flexibility index (Phi) is 3.57. The Morgan fingerprint density at radius 3 is 2.29 bits per heavy atom. The summed E-state index contributed by atoms with van der Waals surface area (Å²) in [7, 11) is 0. The van der Waals surface area contributed by atoms with Gasteiger partial charge in [-0.05, 0) is 32.4 Å². The number of nitrogens with two attached hydrogens (primary N) is 1. The van der Waals surface area contributed by atoms with E-state index >= 15 is 0 Å². The molecule has 2 N–H and O–H groups in total. The van der Waals surface area contributed by atoms with Crippen LogP contribution in [0.15, 0.2) is 18.2 Å². The van der Waals surface area contributed by atoms with Gasteiger partial charge < -0.3 is 10.6 Å². The molecule has 0 atom stereocenters. The zero-order valence-corrected chi connectivity index (χ0v) is 11.1. The molecule has 0 unspecified atom stereocenters. The molecule has 0 spiro atoms. The average molecular weight is 233 g/mol. The number of hydrogen-bond donors (Lipinski definition) is 1. The van der Waals surface area contributed by atoms with E-state index in [2.05, 4.69) is 36.6 Å². The molecule has 17 heavy (non-hydrogen) atoms. The Morgan fingerprint density at radius 1 is 1.12 bits per heavy atom. The molecule has 0 aromatic heterocycles. The standard InChI is InChI=1S/C14H23N3/c1-11(2)16-7-9-17(10-8-16)14-12(3)5-4-6-13(14)15/h4-6,11H,7-10,15H2,1-3H3. The van der Waals surface area contributed by atoms with Crippen LogP contribution in [0.1, 0.15) is 19.4 Å². The van der Waals surface area contributed by atoms with Crippen molar-refractivity contribution < 1.29 is 0 Å².